The lowest BCUT2D eigenvalue weighted by Gasteiger charge is -2.50. The SMILES string of the molecule is CNc1cc(C(c2ccc(O)c(NC3C(=O)C4(C3=O)C(=O)N(C)C4=O)c2)(C(F)(F)F)C(F)(F)F)ccc1O. The number of phenols is 2. The molecule has 15 heteroatoms. The number of β-lactam (4-membered cyclic amide) rings is 2. The highest BCUT2D eigenvalue weighted by atomic mass is 19.4. The summed E-state index contributed by atoms with van der Waals surface area (Å²) in [7, 11) is 2.18. The van der Waals surface area contributed by atoms with Gasteiger partial charge in [-0.3, -0.25) is 24.1 Å². The van der Waals surface area contributed by atoms with Gasteiger partial charge in [0.15, 0.2) is 11.6 Å². The number of imide groups is 1. The predicted molar refractivity (Wildman–Crippen MR) is 116 cm³/mol. The van der Waals surface area contributed by atoms with Crippen LogP contribution < -0.4 is 10.6 Å². The summed E-state index contributed by atoms with van der Waals surface area (Å²) in [4.78, 5) is 49.7. The Hall–Kier alpha value is -4.30. The Labute approximate surface area is 209 Å². The molecule has 2 aliphatic rings. The third-order valence-electron chi connectivity index (χ3n) is 6.79. The fourth-order valence-electron chi connectivity index (χ4n) is 4.77. The lowest BCUT2D eigenvalue weighted by atomic mass is 9.57. The van der Waals surface area contributed by atoms with E-state index in [-0.39, 0.29) is 6.07 Å². The van der Waals surface area contributed by atoms with Gasteiger partial charge in [-0.05, 0) is 35.4 Å². The van der Waals surface area contributed by atoms with Crippen molar-refractivity contribution in [2.75, 3.05) is 24.7 Å². The number of likely N-dealkylation sites (tertiary alicyclic amines) is 1. The van der Waals surface area contributed by atoms with E-state index in [0.717, 1.165) is 7.05 Å². The van der Waals surface area contributed by atoms with Gasteiger partial charge in [0.2, 0.25) is 10.8 Å². The Morgan fingerprint density at radius 3 is 1.63 bits per heavy atom. The summed E-state index contributed by atoms with van der Waals surface area (Å²) >= 11 is 0. The van der Waals surface area contributed by atoms with E-state index in [4.69, 9.17) is 0 Å². The summed E-state index contributed by atoms with van der Waals surface area (Å²) < 4.78 is 86.9. The number of anilines is 2. The topological polar surface area (TPSA) is 136 Å². The van der Waals surface area contributed by atoms with E-state index in [1.807, 2.05) is 0 Å². The molecule has 2 aromatic rings. The first kappa shape index (κ1) is 26.8. The van der Waals surface area contributed by atoms with Crippen molar-refractivity contribution in [3.05, 3.63) is 47.5 Å². The lowest BCUT2D eigenvalue weighted by molar-refractivity contribution is -0.288. The second-order valence-corrected chi connectivity index (χ2v) is 8.68. The van der Waals surface area contributed by atoms with Crippen LogP contribution in [0, 0.1) is 5.41 Å². The summed E-state index contributed by atoms with van der Waals surface area (Å²) in [6, 6.07) is 0.695. The van der Waals surface area contributed by atoms with Crippen LogP contribution in [0.1, 0.15) is 11.1 Å². The van der Waals surface area contributed by atoms with E-state index in [1.54, 1.807) is 0 Å². The third kappa shape index (κ3) is 3.13. The molecule has 0 radical (unpaired) electrons. The molecule has 0 unspecified atom stereocenters. The predicted octanol–water partition coefficient (Wildman–Crippen LogP) is 2.47. The van der Waals surface area contributed by atoms with Crippen LogP contribution in [0.15, 0.2) is 36.4 Å². The van der Waals surface area contributed by atoms with E-state index in [1.165, 1.54) is 7.05 Å². The molecule has 0 atom stereocenters. The molecular weight excluding hydrogens is 528 g/mol. The first-order valence-electron chi connectivity index (χ1n) is 10.6. The molecule has 0 bridgehead atoms. The Morgan fingerprint density at radius 1 is 0.789 bits per heavy atom. The van der Waals surface area contributed by atoms with E-state index in [2.05, 4.69) is 10.6 Å². The quantitative estimate of drug-likeness (QED) is 0.195. The van der Waals surface area contributed by atoms with Gasteiger partial charge in [-0.1, -0.05) is 12.1 Å². The molecule has 1 saturated heterocycles. The van der Waals surface area contributed by atoms with Crippen LogP contribution in [0.25, 0.3) is 0 Å². The summed E-state index contributed by atoms with van der Waals surface area (Å²) in [6.07, 6.45) is -12.0. The number of nitrogens with zero attached hydrogens (tertiary/aromatic N) is 1. The van der Waals surface area contributed by atoms with E-state index < -0.39 is 86.6 Å². The van der Waals surface area contributed by atoms with Gasteiger partial charge in [-0.2, -0.15) is 26.3 Å². The Kier molecular flexibility index (Phi) is 5.70. The van der Waals surface area contributed by atoms with Crippen molar-refractivity contribution in [2.45, 2.75) is 23.8 Å². The van der Waals surface area contributed by atoms with Gasteiger partial charge in [-0.15, -0.1) is 0 Å². The number of rotatable bonds is 5. The highest BCUT2D eigenvalue weighted by Gasteiger charge is 2.79. The number of hydrogen-bond acceptors (Lipinski definition) is 8. The van der Waals surface area contributed by atoms with E-state index >= 15 is 0 Å². The van der Waals surface area contributed by atoms with E-state index in [0.29, 0.717) is 35.2 Å². The fourth-order valence-corrected chi connectivity index (χ4v) is 4.77. The average Bonchev–Trinajstić information content (AvgIpc) is 2.83. The maximum Gasteiger partial charge on any atom is 0.411 e. The number of hydrogen-bond donors (Lipinski definition) is 4. The van der Waals surface area contributed by atoms with Crippen molar-refractivity contribution >= 4 is 34.8 Å². The number of carbonyl (C=O) groups excluding carboxylic acids is 4. The Morgan fingerprint density at radius 2 is 1.21 bits per heavy atom. The number of Topliss-reactive ketones (excluding diaryl/α,β-unsaturated/α-hetero) is 2. The minimum atomic E-state index is -6.02. The molecule has 2 aromatic carbocycles. The number of phenolic OH excluding ortho intramolecular Hbond substituents is 2. The summed E-state index contributed by atoms with van der Waals surface area (Å²) in [6.45, 7) is 0. The summed E-state index contributed by atoms with van der Waals surface area (Å²) in [5, 5.41) is 24.3. The zero-order valence-corrected chi connectivity index (χ0v) is 19.3. The lowest BCUT2D eigenvalue weighted by Crippen LogP contribution is -2.82. The van der Waals surface area contributed by atoms with Crippen molar-refractivity contribution in [2.24, 2.45) is 5.41 Å². The van der Waals surface area contributed by atoms with Crippen LogP contribution >= 0.6 is 0 Å². The highest BCUT2D eigenvalue weighted by molar-refractivity contribution is 6.57. The molecule has 1 saturated carbocycles. The molecule has 1 heterocycles. The normalized spacial score (nSPS) is 17.9. The minimum absolute atomic E-state index is 0.268. The van der Waals surface area contributed by atoms with Gasteiger partial charge >= 0.3 is 12.4 Å². The van der Waals surface area contributed by atoms with Gasteiger partial charge in [0.25, 0.3) is 11.8 Å². The molecule has 1 aliphatic heterocycles. The molecule has 2 amide bonds. The molecular formula is C23H17F6N3O6. The van der Waals surface area contributed by atoms with Crippen molar-refractivity contribution < 1.29 is 55.7 Å². The number of alkyl halides is 6. The molecule has 1 spiro atoms. The number of carbonyl (C=O) groups is 4. The van der Waals surface area contributed by atoms with Gasteiger partial charge in [0.1, 0.15) is 17.5 Å². The number of aromatic hydroxyl groups is 2. The first-order chi connectivity index (χ1) is 17.5. The zero-order valence-electron chi connectivity index (χ0n) is 19.3. The Balaban J connectivity index is 1.84. The standard InChI is InChI=1S/C23H17F6N3O6/c1-30-11-7-9(3-5-13(11)33)21(22(24,25)26,23(27,28)29)10-4-6-14(34)12(8-10)31-15-16(35)20(17(15)36)18(37)32(2)19(20)38/h3-8,15,30-31,33-34H,1-2H3. The summed E-state index contributed by atoms with van der Waals surface area (Å²) in [5.74, 6) is -6.28. The van der Waals surface area contributed by atoms with Crippen molar-refractivity contribution in [3.63, 3.8) is 0 Å². The monoisotopic (exact) mass is 545 g/mol. The van der Waals surface area contributed by atoms with Gasteiger partial charge < -0.3 is 20.8 Å². The number of ketones is 2. The number of nitrogens with one attached hydrogen (secondary N) is 2. The second kappa shape index (κ2) is 8.10. The number of amides is 2. The molecule has 1 aliphatic carbocycles. The maximum atomic E-state index is 14.5. The average molecular weight is 545 g/mol. The van der Waals surface area contributed by atoms with Crippen LogP contribution in [0.2, 0.25) is 0 Å². The molecule has 2 fully saturated rings. The van der Waals surface area contributed by atoms with Crippen LogP contribution in [-0.4, -0.2) is 71.0 Å². The fraction of sp³-hybridized carbons (Fsp3) is 0.304. The van der Waals surface area contributed by atoms with Gasteiger partial charge in [-0.25, -0.2) is 0 Å². The van der Waals surface area contributed by atoms with E-state index in [9.17, 15) is 55.7 Å². The highest BCUT2D eigenvalue weighted by Crippen LogP contribution is 2.57. The van der Waals surface area contributed by atoms with Crippen LogP contribution in [0.3, 0.4) is 0 Å². The third-order valence-corrected chi connectivity index (χ3v) is 6.79. The molecule has 38 heavy (non-hydrogen) atoms. The molecule has 4 rings (SSSR count). The van der Waals surface area contributed by atoms with Crippen molar-refractivity contribution in [3.8, 4) is 11.5 Å². The minimum Gasteiger partial charge on any atom is -0.506 e. The van der Waals surface area contributed by atoms with Gasteiger partial charge in [0.05, 0.1) is 11.4 Å². The van der Waals surface area contributed by atoms with Crippen molar-refractivity contribution in [1.82, 2.24) is 4.90 Å². The Bertz CT molecular complexity index is 1350. The van der Waals surface area contributed by atoms with Crippen LogP contribution in [0.5, 0.6) is 11.5 Å². The van der Waals surface area contributed by atoms with Crippen LogP contribution in [-0.2, 0) is 24.6 Å². The molecule has 0 aromatic heterocycles. The van der Waals surface area contributed by atoms with Crippen LogP contribution in [0.4, 0.5) is 37.7 Å². The summed E-state index contributed by atoms with van der Waals surface area (Å²) in [5.41, 5.74) is -11.4. The maximum absolute atomic E-state index is 14.5. The molecule has 9 nitrogen and oxygen atoms in total. The van der Waals surface area contributed by atoms with Gasteiger partial charge in [0, 0.05) is 14.1 Å². The first-order valence-corrected chi connectivity index (χ1v) is 10.6. The number of halogens is 6. The largest absolute Gasteiger partial charge is 0.506 e. The number of benzene rings is 2. The molecule has 202 valence electrons. The zero-order chi connectivity index (χ0) is 28.6. The van der Waals surface area contributed by atoms with Crippen molar-refractivity contribution in [1.29, 1.82) is 0 Å². The second-order valence-electron chi connectivity index (χ2n) is 8.68. The smallest absolute Gasteiger partial charge is 0.411 e. The molecule has 4 N–H and O–H groups in total.